The lowest BCUT2D eigenvalue weighted by Gasteiger charge is -2.07. The van der Waals surface area contributed by atoms with Gasteiger partial charge in [-0.15, -0.1) is 0 Å². The Morgan fingerprint density at radius 1 is 1.25 bits per heavy atom. The van der Waals surface area contributed by atoms with Crippen molar-refractivity contribution in [1.82, 2.24) is 0 Å². The van der Waals surface area contributed by atoms with E-state index in [9.17, 15) is 4.79 Å². The number of carbonyl (C=O) groups excluding carboxylic acids is 1. The van der Waals surface area contributed by atoms with Crippen LogP contribution in [-0.2, 0) is 0 Å². The van der Waals surface area contributed by atoms with Gasteiger partial charge in [0.1, 0.15) is 18.1 Å². The first-order valence-electron chi connectivity index (χ1n) is 6.71. The van der Waals surface area contributed by atoms with Gasteiger partial charge in [0.15, 0.2) is 5.76 Å². The Balaban J connectivity index is 2.30. The first-order valence-corrected chi connectivity index (χ1v) is 6.71. The van der Waals surface area contributed by atoms with E-state index in [-0.39, 0.29) is 5.78 Å². The summed E-state index contributed by atoms with van der Waals surface area (Å²) in [5.41, 5.74) is 3.63. The topological polar surface area (TPSA) is 35.5 Å². The molecule has 0 N–H and O–H groups in total. The van der Waals surface area contributed by atoms with Crippen LogP contribution in [0.2, 0.25) is 0 Å². The Morgan fingerprint density at radius 2 is 1.95 bits per heavy atom. The summed E-state index contributed by atoms with van der Waals surface area (Å²) in [6.45, 7) is 10.2. The predicted octanol–water partition coefficient (Wildman–Crippen LogP) is 4.21. The van der Waals surface area contributed by atoms with Crippen molar-refractivity contribution in [3.63, 3.8) is 0 Å². The third-order valence-electron chi connectivity index (χ3n) is 3.11. The minimum Gasteiger partial charge on any atom is -0.489 e. The third kappa shape index (κ3) is 2.77. The number of rotatable bonds is 3. The number of ether oxygens (including phenoxy) is 2. The van der Waals surface area contributed by atoms with Crippen LogP contribution in [0, 0.1) is 6.92 Å². The highest BCUT2D eigenvalue weighted by Gasteiger charge is 2.30. The van der Waals surface area contributed by atoms with Crippen molar-refractivity contribution in [3.05, 3.63) is 46.2 Å². The minimum absolute atomic E-state index is 0.0339. The van der Waals surface area contributed by atoms with E-state index in [1.807, 2.05) is 46.8 Å². The standard InChI is InChI=1S/C17H20O3/c1-10(2)6-7-19-13-8-12(5)15-14(9-13)20-17(11(3)4)16(15)18/h6,8-9H,7H2,1-5H3. The van der Waals surface area contributed by atoms with Gasteiger partial charge in [0.2, 0.25) is 5.78 Å². The number of fused-ring (bicyclic) bond motifs is 1. The molecule has 1 aliphatic heterocycles. The van der Waals surface area contributed by atoms with Crippen molar-refractivity contribution in [2.45, 2.75) is 34.6 Å². The molecular weight excluding hydrogens is 252 g/mol. The molecule has 0 amide bonds. The zero-order chi connectivity index (χ0) is 14.9. The van der Waals surface area contributed by atoms with Crippen molar-refractivity contribution < 1.29 is 14.3 Å². The van der Waals surface area contributed by atoms with E-state index in [4.69, 9.17) is 9.47 Å². The number of ketones is 1. The molecule has 0 bridgehead atoms. The number of aryl methyl sites for hydroxylation is 1. The molecule has 1 aliphatic rings. The molecule has 0 saturated heterocycles. The van der Waals surface area contributed by atoms with E-state index in [0.29, 0.717) is 23.7 Å². The van der Waals surface area contributed by atoms with Gasteiger partial charge in [-0.2, -0.15) is 0 Å². The molecule has 2 rings (SSSR count). The summed E-state index contributed by atoms with van der Waals surface area (Å²) in [5, 5.41) is 0. The quantitative estimate of drug-likeness (QED) is 0.611. The molecule has 0 fully saturated rings. The van der Waals surface area contributed by atoms with E-state index in [1.165, 1.54) is 5.57 Å². The fraction of sp³-hybridized carbons (Fsp3) is 0.353. The number of hydrogen-bond acceptors (Lipinski definition) is 3. The largest absolute Gasteiger partial charge is 0.489 e. The van der Waals surface area contributed by atoms with Crippen LogP contribution < -0.4 is 9.47 Å². The Kier molecular flexibility index (Phi) is 3.98. The van der Waals surface area contributed by atoms with Gasteiger partial charge in [0.25, 0.3) is 0 Å². The van der Waals surface area contributed by atoms with E-state index < -0.39 is 0 Å². The molecule has 1 heterocycles. The Hall–Kier alpha value is -2.03. The summed E-state index contributed by atoms with van der Waals surface area (Å²) in [4.78, 5) is 12.2. The summed E-state index contributed by atoms with van der Waals surface area (Å²) >= 11 is 0. The average Bonchev–Trinajstić information content (AvgIpc) is 2.66. The van der Waals surface area contributed by atoms with Crippen LogP contribution in [0.5, 0.6) is 11.5 Å². The molecule has 106 valence electrons. The first-order chi connectivity index (χ1) is 9.40. The molecule has 0 aliphatic carbocycles. The van der Waals surface area contributed by atoms with Crippen LogP contribution in [0.1, 0.15) is 43.6 Å². The fourth-order valence-corrected chi connectivity index (χ4v) is 2.08. The summed E-state index contributed by atoms with van der Waals surface area (Å²) < 4.78 is 11.3. The number of benzene rings is 1. The zero-order valence-corrected chi connectivity index (χ0v) is 12.7. The molecule has 0 spiro atoms. The van der Waals surface area contributed by atoms with E-state index >= 15 is 0 Å². The highest BCUT2D eigenvalue weighted by Crippen LogP contribution is 2.37. The highest BCUT2D eigenvalue weighted by atomic mass is 16.5. The Bertz CT molecular complexity index is 613. The lowest BCUT2D eigenvalue weighted by molar-refractivity contribution is 0.101. The van der Waals surface area contributed by atoms with Crippen LogP contribution in [0.15, 0.2) is 35.1 Å². The van der Waals surface area contributed by atoms with Crippen molar-refractivity contribution in [3.8, 4) is 11.5 Å². The van der Waals surface area contributed by atoms with E-state index in [2.05, 4.69) is 0 Å². The summed E-state index contributed by atoms with van der Waals surface area (Å²) in [5.74, 6) is 1.72. The van der Waals surface area contributed by atoms with Gasteiger partial charge in [0, 0.05) is 6.07 Å². The molecule has 0 saturated carbocycles. The molecule has 1 aromatic rings. The SMILES string of the molecule is CC(C)=CCOc1cc(C)c2c(c1)OC(=C(C)C)C2=O. The normalized spacial score (nSPS) is 12.8. The van der Waals surface area contributed by atoms with Crippen LogP contribution in [0.25, 0.3) is 0 Å². The van der Waals surface area contributed by atoms with Crippen LogP contribution >= 0.6 is 0 Å². The van der Waals surface area contributed by atoms with Crippen LogP contribution in [0.3, 0.4) is 0 Å². The minimum atomic E-state index is -0.0339. The maximum atomic E-state index is 12.2. The number of hydrogen-bond donors (Lipinski definition) is 0. The molecule has 0 aromatic heterocycles. The molecule has 3 nitrogen and oxygen atoms in total. The second-order valence-electron chi connectivity index (χ2n) is 5.47. The molecular formula is C17H20O3. The zero-order valence-electron chi connectivity index (χ0n) is 12.7. The number of Topliss-reactive ketones (excluding diaryl/α,β-unsaturated/α-hetero) is 1. The van der Waals surface area contributed by atoms with Gasteiger partial charge >= 0.3 is 0 Å². The Labute approximate surface area is 119 Å². The van der Waals surface area contributed by atoms with Gasteiger partial charge in [0.05, 0.1) is 5.56 Å². The number of carbonyl (C=O) groups is 1. The van der Waals surface area contributed by atoms with Crippen LogP contribution in [-0.4, -0.2) is 12.4 Å². The van der Waals surface area contributed by atoms with Gasteiger partial charge in [-0.25, -0.2) is 0 Å². The van der Waals surface area contributed by atoms with Crippen molar-refractivity contribution in [2.24, 2.45) is 0 Å². The average molecular weight is 272 g/mol. The number of allylic oxidation sites excluding steroid dienone is 3. The second kappa shape index (κ2) is 5.53. The predicted molar refractivity (Wildman–Crippen MR) is 79.4 cm³/mol. The van der Waals surface area contributed by atoms with Gasteiger partial charge in [-0.05, 0) is 57.9 Å². The van der Waals surface area contributed by atoms with Gasteiger partial charge < -0.3 is 9.47 Å². The lowest BCUT2D eigenvalue weighted by atomic mass is 10.0. The first kappa shape index (κ1) is 14.4. The highest BCUT2D eigenvalue weighted by molar-refractivity contribution is 6.13. The summed E-state index contributed by atoms with van der Waals surface area (Å²) in [7, 11) is 0. The van der Waals surface area contributed by atoms with Crippen molar-refractivity contribution >= 4 is 5.78 Å². The maximum absolute atomic E-state index is 12.2. The molecule has 0 unspecified atom stereocenters. The monoisotopic (exact) mass is 272 g/mol. The van der Waals surface area contributed by atoms with Crippen molar-refractivity contribution in [1.29, 1.82) is 0 Å². The summed E-state index contributed by atoms with van der Waals surface area (Å²) in [6, 6.07) is 3.67. The molecule has 0 atom stereocenters. The third-order valence-corrected chi connectivity index (χ3v) is 3.11. The second-order valence-corrected chi connectivity index (χ2v) is 5.47. The summed E-state index contributed by atoms with van der Waals surface area (Å²) in [6.07, 6.45) is 2.01. The van der Waals surface area contributed by atoms with E-state index in [0.717, 1.165) is 16.9 Å². The van der Waals surface area contributed by atoms with Gasteiger partial charge in [-0.3, -0.25) is 4.79 Å². The van der Waals surface area contributed by atoms with Crippen molar-refractivity contribution in [2.75, 3.05) is 6.61 Å². The molecule has 20 heavy (non-hydrogen) atoms. The van der Waals surface area contributed by atoms with Gasteiger partial charge in [-0.1, -0.05) is 5.57 Å². The smallest absolute Gasteiger partial charge is 0.232 e. The molecule has 1 aromatic carbocycles. The maximum Gasteiger partial charge on any atom is 0.232 e. The fourth-order valence-electron chi connectivity index (χ4n) is 2.08. The lowest BCUT2D eigenvalue weighted by Crippen LogP contribution is -2.01. The molecule has 0 radical (unpaired) electrons. The van der Waals surface area contributed by atoms with Crippen LogP contribution in [0.4, 0.5) is 0 Å². The molecule has 3 heteroatoms. The Morgan fingerprint density at radius 3 is 2.55 bits per heavy atom. The van der Waals surface area contributed by atoms with E-state index in [1.54, 1.807) is 6.07 Å².